The maximum atomic E-state index is 12.7. The fourth-order valence-corrected chi connectivity index (χ4v) is 4.41. The van der Waals surface area contributed by atoms with Crippen molar-refractivity contribution in [2.75, 3.05) is 19.0 Å². The smallest absolute Gasteiger partial charge is 0.337 e. The molecular formula is C32H35NO6. The highest BCUT2D eigenvalue weighted by atomic mass is 16.5. The number of methoxy groups -OCH3 is 1. The fraction of sp³-hybridized carbons (Fsp3) is 0.281. The highest BCUT2D eigenvalue weighted by Crippen LogP contribution is 2.38. The summed E-state index contributed by atoms with van der Waals surface area (Å²) >= 11 is 0. The predicted octanol–water partition coefficient (Wildman–Crippen LogP) is 6.24. The molecule has 204 valence electrons. The molecule has 3 rings (SSSR count). The van der Waals surface area contributed by atoms with Crippen LogP contribution in [-0.2, 0) is 31.1 Å². The van der Waals surface area contributed by atoms with Gasteiger partial charge in [-0.25, -0.2) is 9.59 Å². The van der Waals surface area contributed by atoms with Gasteiger partial charge >= 0.3 is 11.9 Å². The molecule has 7 nitrogen and oxygen atoms in total. The van der Waals surface area contributed by atoms with Crippen LogP contribution in [-0.4, -0.2) is 31.6 Å². The molecule has 0 aliphatic carbocycles. The van der Waals surface area contributed by atoms with E-state index >= 15 is 0 Å². The summed E-state index contributed by atoms with van der Waals surface area (Å²) in [5.74, 6) is -0.694. The number of rotatable bonds is 13. The number of anilines is 1. The van der Waals surface area contributed by atoms with Crippen molar-refractivity contribution in [1.29, 1.82) is 0 Å². The maximum absolute atomic E-state index is 12.7. The van der Waals surface area contributed by atoms with Crippen LogP contribution < -0.4 is 10.1 Å². The number of carbonyl (C=O) groups excluding carboxylic acids is 3. The van der Waals surface area contributed by atoms with E-state index in [-0.39, 0.29) is 24.5 Å². The molecule has 39 heavy (non-hydrogen) atoms. The summed E-state index contributed by atoms with van der Waals surface area (Å²) in [5, 5.41) is 2.71. The van der Waals surface area contributed by atoms with Crippen LogP contribution in [0.4, 0.5) is 5.69 Å². The molecule has 3 aromatic rings. The molecule has 1 amide bonds. The van der Waals surface area contributed by atoms with E-state index in [2.05, 4.69) is 25.7 Å². The molecule has 0 atom stereocenters. The highest BCUT2D eigenvalue weighted by molar-refractivity contribution is 5.95. The lowest BCUT2D eigenvalue weighted by Gasteiger charge is -2.33. The van der Waals surface area contributed by atoms with Crippen molar-refractivity contribution >= 4 is 23.5 Å². The van der Waals surface area contributed by atoms with E-state index in [0.29, 0.717) is 29.0 Å². The number of hydrogen-bond donors (Lipinski definition) is 1. The van der Waals surface area contributed by atoms with E-state index in [1.54, 1.807) is 24.3 Å². The molecule has 0 saturated carbocycles. The quantitative estimate of drug-likeness (QED) is 0.208. The molecular weight excluding hydrogens is 494 g/mol. The Balaban J connectivity index is 1.57. The van der Waals surface area contributed by atoms with E-state index in [1.807, 2.05) is 54.6 Å². The van der Waals surface area contributed by atoms with Crippen LogP contribution in [0.5, 0.6) is 5.75 Å². The minimum Gasteiger partial charge on any atom is -0.484 e. The number of benzene rings is 3. The van der Waals surface area contributed by atoms with E-state index in [9.17, 15) is 14.4 Å². The second-order valence-corrected chi connectivity index (χ2v) is 9.26. The molecule has 1 N–H and O–H groups in total. The van der Waals surface area contributed by atoms with Gasteiger partial charge in [0.05, 0.1) is 12.7 Å². The Morgan fingerprint density at radius 1 is 0.897 bits per heavy atom. The van der Waals surface area contributed by atoms with Crippen LogP contribution >= 0.6 is 0 Å². The molecule has 0 unspecified atom stereocenters. The Morgan fingerprint density at radius 2 is 1.59 bits per heavy atom. The molecule has 0 saturated heterocycles. The van der Waals surface area contributed by atoms with Gasteiger partial charge in [0.25, 0.3) is 5.91 Å². The number of carbonyl (C=O) groups is 3. The molecule has 0 aromatic heterocycles. The van der Waals surface area contributed by atoms with Gasteiger partial charge in [-0.3, -0.25) is 4.79 Å². The lowest BCUT2D eigenvalue weighted by Crippen LogP contribution is -2.27. The molecule has 0 heterocycles. The zero-order valence-corrected chi connectivity index (χ0v) is 22.7. The Hall–Kier alpha value is -4.39. The largest absolute Gasteiger partial charge is 0.484 e. The molecule has 0 radical (unpaired) electrons. The first-order valence-electron chi connectivity index (χ1n) is 12.9. The summed E-state index contributed by atoms with van der Waals surface area (Å²) in [6.07, 6.45) is 2.09. The second-order valence-electron chi connectivity index (χ2n) is 9.26. The van der Waals surface area contributed by atoms with Gasteiger partial charge in [0.2, 0.25) is 0 Å². The zero-order chi connectivity index (χ0) is 28.3. The number of ether oxygens (including phenoxy) is 3. The number of nitrogens with one attached hydrogen (secondary N) is 1. The summed E-state index contributed by atoms with van der Waals surface area (Å²) in [6, 6.07) is 23.6. The van der Waals surface area contributed by atoms with Crippen LogP contribution in [0.25, 0.3) is 0 Å². The third-order valence-corrected chi connectivity index (χ3v) is 6.81. The first kappa shape index (κ1) is 29.2. The Morgan fingerprint density at radius 3 is 2.23 bits per heavy atom. The van der Waals surface area contributed by atoms with Gasteiger partial charge < -0.3 is 19.5 Å². The van der Waals surface area contributed by atoms with Crippen LogP contribution in [0, 0.1) is 0 Å². The maximum Gasteiger partial charge on any atom is 0.337 e. The van der Waals surface area contributed by atoms with Gasteiger partial charge in [0, 0.05) is 11.3 Å². The Labute approximate surface area is 229 Å². The minimum absolute atomic E-state index is 0.196. The van der Waals surface area contributed by atoms with Gasteiger partial charge in [-0.15, -0.1) is 0 Å². The Bertz CT molecular complexity index is 1280. The zero-order valence-electron chi connectivity index (χ0n) is 22.7. The number of esters is 2. The summed E-state index contributed by atoms with van der Waals surface area (Å²) in [4.78, 5) is 36.7. The fourth-order valence-electron chi connectivity index (χ4n) is 4.41. The normalized spacial score (nSPS) is 10.8. The van der Waals surface area contributed by atoms with Crippen molar-refractivity contribution < 1.29 is 28.6 Å². The van der Waals surface area contributed by atoms with Crippen molar-refractivity contribution in [1.82, 2.24) is 0 Å². The molecule has 7 heteroatoms. The van der Waals surface area contributed by atoms with Crippen LogP contribution in [0.1, 0.15) is 54.6 Å². The number of hydrogen-bond acceptors (Lipinski definition) is 6. The Kier molecular flexibility index (Phi) is 10.4. The monoisotopic (exact) mass is 529 g/mol. The SMILES string of the molecule is C=C(CC(CC)(CC)c1ccc(OCC(=O)Nc2cccc(C(=O)OC)c2)cc1)C(=O)OCc1ccccc1. The second kappa shape index (κ2) is 14.0. The van der Waals surface area contributed by atoms with Crippen molar-refractivity contribution in [3.8, 4) is 5.75 Å². The van der Waals surface area contributed by atoms with Gasteiger partial charge in [-0.05, 0) is 66.1 Å². The molecule has 0 spiro atoms. The van der Waals surface area contributed by atoms with Crippen molar-refractivity contribution in [2.45, 2.75) is 45.1 Å². The van der Waals surface area contributed by atoms with Gasteiger partial charge in [-0.2, -0.15) is 0 Å². The van der Waals surface area contributed by atoms with Crippen LogP contribution in [0.2, 0.25) is 0 Å². The van der Waals surface area contributed by atoms with E-state index in [4.69, 9.17) is 14.2 Å². The average molecular weight is 530 g/mol. The standard InChI is InChI=1S/C32H35NO6/c1-5-32(6-2,20-23(3)30(35)39-21-24-11-8-7-9-12-24)26-15-17-28(18-16-26)38-22-29(34)33-27-14-10-13-25(19-27)31(36)37-4/h7-19H,3,5-6,20-22H2,1-2,4H3,(H,33,34). The van der Waals surface area contributed by atoms with Gasteiger partial charge in [0.1, 0.15) is 12.4 Å². The topological polar surface area (TPSA) is 90.9 Å². The first-order valence-corrected chi connectivity index (χ1v) is 12.9. The highest BCUT2D eigenvalue weighted by Gasteiger charge is 2.31. The van der Waals surface area contributed by atoms with E-state index in [0.717, 1.165) is 24.0 Å². The summed E-state index contributed by atoms with van der Waals surface area (Å²) in [7, 11) is 1.30. The third-order valence-electron chi connectivity index (χ3n) is 6.81. The van der Waals surface area contributed by atoms with Crippen LogP contribution in [0.3, 0.4) is 0 Å². The minimum atomic E-state index is -0.481. The number of amides is 1. The van der Waals surface area contributed by atoms with E-state index in [1.165, 1.54) is 7.11 Å². The summed E-state index contributed by atoms with van der Waals surface area (Å²) in [6.45, 7) is 8.22. The molecule has 3 aromatic carbocycles. The summed E-state index contributed by atoms with van der Waals surface area (Å²) < 4.78 is 15.9. The molecule has 0 aliphatic heterocycles. The predicted molar refractivity (Wildman–Crippen MR) is 151 cm³/mol. The first-order chi connectivity index (χ1) is 18.8. The average Bonchev–Trinajstić information content (AvgIpc) is 2.98. The molecule has 0 aliphatic rings. The summed E-state index contributed by atoms with van der Waals surface area (Å²) in [5.41, 5.74) is 2.94. The van der Waals surface area contributed by atoms with Gasteiger partial charge in [0.15, 0.2) is 6.61 Å². The third kappa shape index (κ3) is 8.04. The van der Waals surface area contributed by atoms with E-state index < -0.39 is 11.9 Å². The van der Waals surface area contributed by atoms with Gasteiger partial charge in [-0.1, -0.05) is 69.0 Å². The molecule has 0 fully saturated rings. The molecule has 0 bridgehead atoms. The van der Waals surface area contributed by atoms with Crippen molar-refractivity contribution in [2.24, 2.45) is 0 Å². The van der Waals surface area contributed by atoms with Crippen molar-refractivity contribution in [3.63, 3.8) is 0 Å². The van der Waals surface area contributed by atoms with Crippen LogP contribution in [0.15, 0.2) is 91.0 Å². The lowest BCUT2D eigenvalue weighted by molar-refractivity contribution is -0.140. The lowest BCUT2D eigenvalue weighted by atomic mass is 9.71. The van der Waals surface area contributed by atoms with Crippen molar-refractivity contribution in [3.05, 3.63) is 108 Å².